The number of aromatic nitrogens is 2. The van der Waals surface area contributed by atoms with E-state index < -0.39 is 11.8 Å². The molecule has 1 heterocycles. The van der Waals surface area contributed by atoms with Gasteiger partial charge in [0, 0.05) is 6.07 Å². The normalized spacial score (nSPS) is 11.0. The molecule has 4 nitrogen and oxygen atoms in total. The minimum atomic E-state index is -0.533. The predicted molar refractivity (Wildman–Crippen MR) is 86.7 cm³/mol. The van der Waals surface area contributed by atoms with E-state index in [2.05, 4.69) is 27.7 Å². The number of halogens is 3. The molecule has 0 bridgehead atoms. The third-order valence-corrected chi connectivity index (χ3v) is 4.30. The van der Waals surface area contributed by atoms with Crippen molar-refractivity contribution in [1.82, 2.24) is 9.78 Å². The molecule has 0 aliphatic rings. The highest BCUT2D eigenvalue weighted by atomic mass is 127. The molecule has 0 N–H and O–H groups in total. The van der Waals surface area contributed by atoms with Crippen LogP contribution in [0, 0.1) is 9.39 Å². The first kappa shape index (κ1) is 16.2. The molecule has 7 heteroatoms. The molecule has 0 amide bonds. The molecule has 0 spiro atoms. The van der Waals surface area contributed by atoms with Gasteiger partial charge in [0.1, 0.15) is 5.82 Å². The second kappa shape index (κ2) is 6.31. The lowest BCUT2D eigenvalue weighted by atomic mass is 10.1. The van der Waals surface area contributed by atoms with Crippen molar-refractivity contribution in [1.29, 1.82) is 0 Å². The first-order valence-corrected chi connectivity index (χ1v) is 7.64. The molecule has 0 saturated carbocycles. The van der Waals surface area contributed by atoms with E-state index in [0.717, 1.165) is 5.69 Å². The predicted octanol–water partition coefficient (Wildman–Crippen LogP) is 4.18. The second-order valence-electron chi connectivity index (χ2n) is 4.70. The summed E-state index contributed by atoms with van der Waals surface area (Å²) in [5.74, 6) is -0.954. The molecule has 0 saturated heterocycles. The zero-order valence-corrected chi connectivity index (χ0v) is 14.6. The molecule has 1 aromatic carbocycles. The molecule has 21 heavy (non-hydrogen) atoms. The van der Waals surface area contributed by atoms with Gasteiger partial charge in [0.25, 0.3) is 0 Å². The summed E-state index contributed by atoms with van der Waals surface area (Å²) in [6.45, 7) is 3.95. The minimum Gasteiger partial charge on any atom is -0.464 e. The molecule has 0 radical (unpaired) electrons. The van der Waals surface area contributed by atoms with Gasteiger partial charge in [-0.25, -0.2) is 13.9 Å². The summed E-state index contributed by atoms with van der Waals surface area (Å²) in [4.78, 5) is 11.8. The van der Waals surface area contributed by atoms with Gasteiger partial charge >= 0.3 is 5.97 Å². The van der Waals surface area contributed by atoms with E-state index in [9.17, 15) is 9.18 Å². The van der Waals surface area contributed by atoms with Crippen LogP contribution in [-0.4, -0.2) is 22.9 Å². The van der Waals surface area contributed by atoms with Crippen LogP contribution in [0.25, 0.3) is 5.69 Å². The van der Waals surface area contributed by atoms with Gasteiger partial charge in [0.05, 0.1) is 27.1 Å². The average molecular weight is 423 g/mol. The lowest BCUT2D eigenvalue weighted by molar-refractivity contribution is 0.0592. The van der Waals surface area contributed by atoms with Crippen LogP contribution in [0.2, 0.25) is 5.02 Å². The monoisotopic (exact) mass is 422 g/mol. The van der Waals surface area contributed by atoms with Crippen LogP contribution in [-0.2, 0) is 4.74 Å². The topological polar surface area (TPSA) is 44.1 Å². The summed E-state index contributed by atoms with van der Waals surface area (Å²) in [5, 5.41) is 4.31. The van der Waals surface area contributed by atoms with Gasteiger partial charge < -0.3 is 4.74 Å². The summed E-state index contributed by atoms with van der Waals surface area (Å²) in [5.41, 5.74) is 1.54. The van der Waals surface area contributed by atoms with Crippen molar-refractivity contribution in [3.63, 3.8) is 0 Å². The number of carbonyl (C=O) groups excluding carboxylic acids is 1. The quantitative estimate of drug-likeness (QED) is 0.551. The largest absolute Gasteiger partial charge is 0.464 e. The van der Waals surface area contributed by atoms with Crippen molar-refractivity contribution in [2.24, 2.45) is 0 Å². The standard InChI is InChI=1S/C14H13ClFIN2O2/c1-7(2)13-11(17)12(14(20)21-3)18-19(13)8-4-5-9(15)10(16)6-8/h4-7H,1-3H3. The molecule has 0 aliphatic carbocycles. The Kier molecular flexibility index (Phi) is 4.88. The SMILES string of the molecule is COC(=O)c1nn(-c2ccc(Cl)c(F)c2)c(C(C)C)c1I. The smallest absolute Gasteiger partial charge is 0.359 e. The Morgan fingerprint density at radius 1 is 1.48 bits per heavy atom. The van der Waals surface area contributed by atoms with Crippen molar-refractivity contribution in [3.8, 4) is 5.69 Å². The Hall–Kier alpha value is -1.15. The van der Waals surface area contributed by atoms with Crippen LogP contribution in [0.15, 0.2) is 18.2 Å². The van der Waals surface area contributed by atoms with Gasteiger partial charge in [0.2, 0.25) is 0 Å². The highest BCUT2D eigenvalue weighted by molar-refractivity contribution is 14.1. The fourth-order valence-corrected chi connectivity index (χ4v) is 3.25. The number of rotatable bonds is 3. The van der Waals surface area contributed by atoms with Gasteiger partial charge in [-0.3, -0.25) is 0 Å². The number of ether oxygens (including phenoxy) is 1. The second-order valence-corrected chi connectivity index (χ2v) is 6.19. The highest BCUT2D eigenvalue weighted by Crippen LogP contribution is 2.28. The minimum absolute atomic E-state index is 0.0416. The summed E-state index contributed by atoms with van der Waals surface area (Å²) < 4.78 is 20.6. The van der Waals surface area contributed by atoms with E-state index in [0.29, 0.717) is 9.26 Å². The van der Waals surface area contributed by atoms with Crippen molar-refractivity contribution in [2.75, 3.05) is 7.11 Å². The van der Waals surface area contributed by atoms with Gasteiger partial charge in [-0.1, -0.05) is 25.4 Å². The van der Waals surface area contributed by atoms with Gasteiger partial charge in [-0.15, -0.1) is 0 Å². The van der Waals surface area contributed by atoms with Crippen LogP contribution in [0.3, 0.4) is 0 Å². The van der Waals surface area contributed by atoms with Crippen molar-refractivity contribution >= 4 is 40.2 Å². The molecule has 2 rings (SSSR count). The molecule has 112 valence electrons. The third-order valence-electron chi connectivity index (χ3n) is 2.93. The number of carbonyl (C=O) groups is 1. The van der Waals surface area contributed by atoms with Crippen LogP contribution in [0.4, 0.5) is 4.39 Å². The van der Waals surface area contributed by atoms with E-state index in [4.69, 9.17) is 16.3 Å². The maximum Gasteiger partial charge on any atom is 0.359 e. The summed E-state index contributed by atoms with van der Waals surface area (Å²) >= 11 is 7.75. The van der Waals surface area contributed by atoms with Crippen LogP contribution < -0.4 is 0 Å². The van der Waals surface area contributed by atoms with Crippen LogP contribution >= 0.6 is 34.2 Å². The molecular weight excluding hydrogens is 410 g/mol. The first-order valence-electron chi connectivity index (χ1n) is 6.19. The van der Waals surface area contributed by atoms with Crippen molar-refractivity contribution in [3.05, 3.63) is 44.0 Å². The number of hydrogen-bond acceptors (Lipinski definition) is 3. The maximum atomic E-state index is 13.7. The van der Waals surface area contributed by atoms with E-state index in [-0.39, 0.29) is 16.6 Å². The average Bonchev–Trinajstić information content (AvgIpc) is 2.78. The Labute approximate surface area is 140 Å². The van der Waals surface area contributed by atoms with Crippen LogP contribution in [0.1, 0.15) is 35.9 Å². The molecule has 1 aromatic heterocycles. The lowest BCUT2D eigenvalue weighted by Gasteiger charge is -2.11. The van der Waals surface area contributed by atoms with E-state index >= 15 is 0 Å². The van der Waals surface area contributed by atoms with Crippen LogP contribution in [0.5, 0.6) is 0 Å². The first-order chi connectivity index (χ1) is 9.86. The number of nitrogens with zero attached hydrogens (tertiary/aromatic N) is 2. The molecule has 0 fully saturated rings. The summed E-state index contributed by atoms with van der Waals surface area (Å²) in [6, 6.07) is 4.41. The van der Waals surface area contributed by atoms with Gasteiger partial charge in [0.15, 0.2) is 5.69 Å². The zero-order chi connectivity index (χ0) is 15.7. The number of esters is 1. The van der Waals surface area contributed by atoms with E-state index in [1.807, 2.05) is 13.8 Å². The van der Waals surface area contributed by atoms with Gasteiger partial charge in [-0.2, -0.15) is 5.10 Å². The Balaban J connectivity index is 2.67. The molecule has 2 aromatic rings. The molecule has 0 unspecified atom stereocenters. The van der Waals surface area contributed by atoms with E-state index in [1.165, 1.54) is 19.2 Å². The van der Waals surface area contributed by atoms with Gasteiger partial charge in [-0.05, 0) is 40.6 Å². The molecular formula is C14H13ClFIN2O2. The fourth-order valence-electron chi connectivity index (χ4n) is 1.95. The van der Waals surface area contributed by atoms with E-state index in [1.54, 1.807) is 10.7 Å². The number of benzene rings is 1. The molecule has 0 aliphatic heterocycles. The van der Waals surface area contributed by atoms with Crippen molar-refractivity contribution < 1.29 is 13.9 Å². The maximum absolute atomic E-state index is 13.7. The zero-order valence-electron chi connectivity index (χ0n) is 11.7. The van der Waals surface area contributed by atoms with Crippen molar-refractivity contribution in [2.45, 2.75) is 19.8 Å². The number of methoxy groups -OCH3 is 1. The fraction of sp³-hybridized carbons (Fsp3) is 0.286. The molecule has 0 atom stereocenters. The highest BCUT2D eigenvalue weighted by Gasteiger charge is 2.24. The Bertz CT molecular complexity index is 701. The third kappa shape index (κ3) is 3.06. The summed E-state index contributed by atoms with van der Waals surface area (Å²) in [6.07, 6.45) is 0. The number of hydrogen-bond donors (Lipinski definition) is 0. The summed E-state index contributed by atoms with van der Waals surface area (Å²) in [7, 11) is 1.30. The Morgan fingerprint density at radius 3 is 2.67 bits per heavy atom. The Morgan fingerprint density at radius 2 is 2.14 bits per heavy atom. The lowest BCUT2D eigenvalue weighted by Crippen LogP contribution is -2.06.